The van der Waals surface area contributed by atoms with Crippen molar-refractivity contribution in [1.29, 1.82) is 0 Å². The first-order valence-electron chi connectivity index (χ1n) is 9.10. The summed E-state index contributed by atoms with van der Waals surface area (Å²) < 4.78 is 5.08. The lowest BCUT2D eigenvalue weighted by Gasteiger charge is -2.19. The molecule has 1 aliphatic rings. The summed E-state index contributed by atoms with van der Waals surface area (Å²) in [6.07, 6.45) is 7.09. The van der Waals surface area contributed by atoms with Gasteiger partial charge in [0.2, 0.25) is 0 Å². The molecule has 0 saturated heterocycles. The number of benzene rings is 2. The second-order valence-corrected chi connectivity index (χ2v) is 6.30. The van der Waals surface area contributed by atoms with Crippen LogP contribution in [0.25, 0.3) is 0 Å². The minimum absolute atomic E-state index is 0.331. The number of methoxy groups -OCH3 is 1. The van der Waals surface area contributed by atoms with Gasteiger partial charge in [-0.25, -0.2) is 9.59 Å². The molecule has 2 aromatic carbocycles. The van der Waals surface area contributed by atoms with Crippen molar-refractivity contribution >= 4 is 11.9 Å². The summed E-state index contributed by atoms with van der Waals surface area (Å²) in [5.74, 6) is -0.880. The van der Waals surface area contributed by atoms with Crippen LogP contribution in [0.5, 0.6) is 0 Å². The van der Waals surface area contributed by atoms with Gasteiger partial charge in [0.15, 0.2) is 0 Å². The van der Waals surface area contributed by atoms with Gasteiger partial charge in [-0.15, -0.1) is 0 Å². The van der Waals surface area contributed by atoms with E-state index in [1.807, 2.05) is 0 Å². The largest absolute Gasteiger partial charge is 0.478 e. The fourth-order valence-corrected chi connectivity index (χ4v) is 2.75. The van der Waals surface area contributed by atoms with Gasteiger partial charge >= 0.3 is 11.9 Å². The van der Waals surface area contributed by atoms with Crippen molar-refractivity contribution in [1.82, 2.24) is 0 Å². The number of carboxylic acids is 2. The van der Waals surface area contributed by atoms with Gasteiger partial charge in [-0.1, -0.05) is 55.7 Å². The van der Waals surface area contributed by atoms with E-state index in [0.29, 0.717) is 11.1 Å². The molecule has 2 N–H and O–H groups in total. The third-order valence-corrected chi connectivity index (χ3v) is 4.17. The minimum Gasteiger partial charge on any atom is -0.478 e. The molecular weight excluding hydrogens is 344 g/mol. The van der Waals surface area contributed by atoms with Gasteiger partial charge in [0, 0.05) is 13.7 Å². The number of carboxylic acid groups (broad SMARTS) is 2. The van der Waals surface area contributed by atoms with E-state index in [0.717, 1.165) is 12.5 Å². The Hall–Kier alpha value is -2.66. The third-order valence-electron chi connectivity index (χ3n) is 4.17. The van der Waals surface area contributed by atoms with E-state index in [-0.39, 0.29) is 0 Å². The van der Waals surface area contributed by atoms with Gasteiger partial charge in [0.25, 0.3) is 0 Å². The fourth-order valence-electron chi connectivity index (χ4n) is 2.75. The van der Waals surface area contributed by atoms with Crippen LogP contribution in [0.1, 0.15) is 52.8 Å². The Bertz CT molecular complexity index is 597. The molecule has 27 heavy (non-hydrogen) atoms. The Morgan fingerprint density at radius 1 is 0.815 bits per heavy atom. The zero-order chi connectivity index (χ0) is 19.9. The van der Waals surface area contributed by atoms with Gasteiger partial charge in [-0.05, 0) is 43.0 Å². The molecule has 5 nitrogen and oxygen atoms in total. The van der Waals surface area contributed by atoms with Crippen molar-refractivity contribution in [2.75, 3.05) is 13.7 Å². The SMILES string of the molecule is COCC1CCCCC1.O=C(O)c1ccccc1.O=C(O)c1ccccc1. The molecule has 0 amide bonds. The van der Waals surface area contributed by atoms with Crippen LogP contribution < -0.4 is 0 Å². The molecule has 5 heteroatoms. The zero-order valence-electron chi connectivity index (χ0n) is 15.7. The highest BCUT2D eigenvalue weighted by atomic mass is 16.5. The van der Waals surface area contributed by atoms with Gasteiger partial charge < -0.3 is 14.9 Å². The summed E-state index contributed by atoms with van der Waals surface area (Å²) in [4.78, 5) is 20.4. The molecule has 1 fully saturated rings. The summed E-state index contributed by atoms with van der Waals surface area (Å²) >= 11 is 0. The number of carbonyl (C=O) groups is 2. The molecule has 1 saturated carbocycles. The van der Waals surface area contributed by atoms with Crippen molar-refractivity contribution in [3.63, 3.8) is 0 Å². The summed E-state index contributed by atoms with van der Waals surface area (Å²) in [7, 11) is 1.80. The Balaban J connectivity index is 0.000000202. The highest BCUT2D eigenvalue weighted by molar-refractivity contribution is 5.87. The van der Waals surface area contributed by atoms with Crippen LogP contribution in [0.15, 0.2) is 60.7 Å². The highest BCUT2D eigenvalue weighted by Crippen LogP contribution is 2.23. The molecule has 3 rings (SSSR count). The summed E-state index contributed by atoms with van der Waals surface area (Å²) in [5.41, 5.74) is 0.662. The van der Waals surface area contributed by atoms with Crippen LogP contribution in [0.2, 0.25) is 0 Å². The Kier molecular flexibility index (Phi) is 11.2. The third kappa shape index (κ3) is 10.2. The molecule has 0 aromatic heterocycles. The highest BCUT2D eigenvalue weighted by Gasteiger charge is 2.11. The van der Waals surface area contributed by atoms with E-state index in [1.54, 1.807) is 67.8 Å². The average molecular weight is 372 g/mol. The van der Waals surface area contributed by atoms with E-state index in [1.165, 1.54) is 32.1 Å². The first kappa shape index (κ1) is 22.4. The zero-order valence-corrected chi connectivity index (χ0v) is 15.7. The molecular formula is C22H28O5. The standard InChI is InChI=1S/C8H16O.2C7H6O2/c1-9-7-8-5-3-2-4-6-8;2*8-7(9)6-4-2-1-3-5-6/h8H,2-7H2,1H3;2*1-5H,(H,8,9). The van der Waals surface area contributed by atoms with Crippen LogP contribution in [0.3, 0.4) is 0 Å². The van der Waals surface area contributed by atoms with Crippen molar-refractivity contribution in [3.8, 4) is 0 Å². The molecule has 1 aliphatic carbocycles. The maximum Gasteiger partial charge on any atom is 0.335 e. The quantitative estimate of drug-likeness (QED) is 0.790. The molecule has 0 atom stereocenters. The summed E-state index contributed by atoms with van der Waals surface area (Å²) in [5, 5.41) is 16.8. The van der Waals surface area contributed by atoms with Crippen LogP contribution in [0, 0.1) is 5.92 Å². The minimum atomic E-state index is -0.879. The lowest BCUT2D eigenvalue weighted by atomic mass is 9.90. The van der Waals surface area contributed by atoms with Crippen molar-refractivity contribution in [2.45, 2.75) is 32.1 Å². The molecule has 0 heterocycles. The number of ether oxygens (including phenoxy) is 1. The van der Waals surface area contributed by atoms with Crippen molar-refractivity contribution in [2.24, 2.45) is 5.92 Å². The van der Waals surface area contributed by atoms with E-state index < -0.39 is 11.9 Å². The predicted molar refractivity (Wildman–Crippen MR) is 105 cm³/mol. The Morgan fingerprint density at radius 2 is 1.22 bits per heavy atom. The Morgan fingerprint density at radius 3 is 1.52 bits per heavy atom. The maximum atomic E-state index is 10.2. The first-order chi connectivity index (χ1) is 13.0. The monoisotopic (exact) mass is 372 g/mol. The van der Waals surface area contributed by atoms with Gasteiger partial charge in [-0.3, -0.25) is 0 Å². The second kappa shape index (κ2) is 13.5. The number of aromatic carboxylic acids is 2. The van der Waals surface area contributed by atoms with E-state index in [2.05, 4.69) is 0 Å². The first-order valence-corrected chi connectivity index (χ1v) is 9.10. The summed E-state index contributed by atoms with van der Waals surface area (Å²) in [6, 6.07) is 16.6. The second-order valence-electron chi connectivity index (χ2n) is 6.30. The van der Waals surface area contributed by atoms with Gasteiger partial charge in [0.1, 0.15) is 0 Å². The van der Waals surface area contributed by atoms with E-state index >= 15 is 0 Å². The lowest BCUT2D eigenvalue weighted by Crippen LogP contribution is -2.11. The molecule has 0 bridgehead atoms. The van der Waals surface area contributed by atoms with Gasteiger partial charge in [-0.2, -0.15) is 0 Å². The van der Waals surface area contributed by atoms with Gasteiger partial charge in [0.05, 0.1) is 11.1 Å². The smallest absolute Gasteiger partial charge is 0.335 e. The van der Waals surface area contributed by atoms with Crippen LogP contribution in [-0.2, 0) is 4.74 Å². The molecule has 0 unspecified atom stereocenters. The van der Waals surface area contributed by atoms with E-state index in [4.69, 9.17) is 14.9 Å². The van der Waals surface area contributed by atoms with E-state index in [9.17, 15) is 9.59 Å². The predicted octanol–water partition coefficient (Wildman–Crippen LogP) is 4.98. The summed E-state index contributed by atoms with van der Waals surface area (Å²) in [6.45, 7) is 0.986. The molecule has 0 spiro atoms. The van der Waals surface area contributed by atoms with Crippen molar-refractivity contribution in [3.05, 3.63) is 71.8 Å². The topological polar surface area (TPSA) is 83.8 Å². The van der Waals surface area contributed by atoms with Crippen molar-refractivity contribution < 1.29 is 24.5 Å². The maximum absolute atomic E-state index is 10.2. The molecule has 146 valence electrons. The Labute approximate surface area is 160 Å². The fraction of sp³-hybridized carbons (Fsp3) is 0.364. The lowest BCUT2D eigenvalue weighted by molar-refractivity contribution is 0.0686. The van der Waals surface area contributed by atoms with Crippen LogP contribution in [-0.4, -0.2) is 35.9 Å². The number of hydrogen-bond donors (Lipinski definition) is 2. The molecule has 0 radical (unpaired) electrons. The van der Waals surface area contributed by atoms with Crippen LogP contribution >= 0.6 is 0 Å². The molecule has 2 aromatic rings. The average Bonchev–Trinajstić information content (AvgIpc) is 2.71. The number of hydrogen-bond acceptors (Lipinski definition) is 3. The van der Waals surface area contributed by atoms with Crippen LogP contribution in [0.4, 0.5) is 0 Å². The number of rotatable bonds is 4. The molecule has 0 aliphatic heterocycles. The normalized spacial score (nSPS) is 13.4.